The zero-order valence-electron chi connectivity index (χ0n) is 19.8. The fourth-order valence-electron chi connectivity index (χ4n) is 3.26. The highest BCUT2D eigenvalue weighted by Gasteiger charge is 2.31. The molecule has 0 bridgehead atoms. The number of Topliss-reactive ketones (excluding diaryl/α,β-unsaturated/α-hetero) is 4. The molecule has 0 amide bonds. The summed E-state index contributed by atoms with van der Waals surface area (Å²) >= 11 is 0. The highest BCUT2D eigenvalue weighted by molar-refractivity contribution is 6.42. The van der Waals surface area contributed by atoms with Crippen LogP contribution >= 0.6 is 0 Å². The molecule has 0 spiro atoms. The maximum Gasteiger partial charge on any atom is 0.377 e. The Labute approximate surface area is 196 Å². The van der Waals surface area contributed by atoms with Crippen LogP contribution in [0.15, 0.2) is 36.4 Å². The van der Waals surface area contributed by atoms with Crippen molar-refractivity contribution >= 4 is 35.1 Å². The molecular weight excluding hydrogens is 440 g/mol. The fourth-order valence-corrected chi connectivity index (χ4v) is 3.26. The summed E-state index contributed by atoms with van der Waals surface area (Å²) in [4.78, 5) is 73.1. The topological polar surface area (TPSA) is 143 Å². The summed E-state index contributed by atoms with van der Waals surface area (Å²) in [5.41, 5.74) is -2.02. The first-order valence-corrected chi connectivity index (χ1v) is 10.4. The van der Waals surface area contributed by atoms with E-state index in [9.17, 15) is 39.0 Å². The van der Waals surface area contributed by atoms with Crippen LogP contribution in [0, 0.1) is 10.8 Å². The molecule has 0 aliphatic carbocycles. The van der Waals surface area contributed by atoms with Crippen LogP contribution in [-0.4, -0.2) is 45.3 Å². The Balaban J connectivity index is 2.78. The molecule has 34 heavy (non-hydrogen) atoms. The second kappa shape index (κ2) is 9.13. The van der Waals surface area contributed by atoms with Crippen LogP contribution in [0.2, 0.25) is 0 Å². The predicted octanol–water partition coefficient (Wildman–Crippen LogP) is 4.35. The smallest absolute Gasteiger partial charge is 0.377 e. The van der Waals surface area contributed by atoms with E-state index in [1.165, 1.54) is 36.4 Å². The van der Waals surface area contributed by atoms with Gasteiger partial charge in [0.15, 0.2) is 11.6 Å². The molecule has 8 heteroatoms. The van der Waals surface area contributed by atoms with Crippen LogP contribution in [0.1, 0.15) is 83.0 Å². The molecule has 178 valence electrons. The largest absolute Gasteiger partial charge is 0.475 e. The van der Waals surface area contributed by atoms with E-state index >= 15 is 0 Å². The van der Waals surface area contributed by atoms with Gasteiger partial charge < -0.3 is 10.2 Å². The van der Waals surface area contributed by atoms with Crippen LogP contribution in [0.5, 0.6) is 0 Å². The highest BCUT2D eigenvalue weighted by Crippen LogP contribution is 2.31. The molecule has 0 aliphatic rings. The summed E-state index contributed by atoms with van der Waals surface area (Å²) in [5, 5.41) is 18.5. The zero-order valence-corrected chi connectivity index (χ0v) is 19.8. The van der Waals surface area contributed by atoms with E-state index in [1.54, 1.807) is 41.5 Å². The number of rotatable bonds is 7. The van der Waals surface area contributed by atoms with Crippen LogP contribution in [0.4, 0.5) is 0 Å². The van der Waals surface area contributed by atoms with E-state index in [0.717, 1.165) is 0 Å². The summed E-state index contributed by atoms with van der Waals surface area (Å²) < 4.78 is 0. The van der Waals surface area contributed by atoms with Crippen LogP contribution < -0.4 is 0 Å². The van der Waals surface area contributed by atoms with Crippen molar-refractivity contribution in [2.75, 3.05) is 0 Å². The summed E-state index contributed by atoms with van der Waals surface area (Å²) in [6.07, 6.45) is 0. The van der Waals surface area contributed by atoms with Gasteiger partial charge in [-0.15, -0.1) is 0 Å². The molecule has 0 aliphatic heterocycles. The number of hydrogen-bond donors (Lipinski definition) is 2. The van der Waals surface area contributed by atoms with Crippen molar-refractivity contribution in [2.24, 2.45) is 10.8 Å². The van der Waals surface area contributed by atoms with E-state index in [4.69, 9.17) is 0 Å². The highest BCUT2D eigenvalue weighted by atomic mass is 16.4. The van der Waals surface area contributed by atoms with Crippen molar-refractivity contribution in [1.82, 2.24) is 0 Å². The zero-order chi connectivity index (χ0) is 26.2. The lowest BCUT2D eigenvalue weighted by molar-refractivity contribution is -0.132. The van der Waals surface area contributed by atoms with Gasteiger partial charge in [-0.1, -0.05) is 65.8 Å². The van der Waals surface area contributed by atoms with E-state index in [0.29, 0.717) is 0 Å². The van der Waals surface area contributed by atoms with E-state index in [2.05, 4.69) is 0 Å². The molecule has 0 atom stereocenters. The van der Waals surface area contributed by atoms with Gasteiger partial charge in [-0.3, -0.25) is 19.2 Å². The van der Waals surface area contributed by atoms with Crippen molar-refractivity contribution in [3.63, 3.8) is 0 Å². The van der Waals surface area contributed by atoms with Crippen LogP contribution in [0.25, 0.3) is 11.1 Å². The first-order chi connectivity index (χ1) is 15.5. The molecule has 0 saturated heterocycles. The minimum absolute atomic E-state index is 0.0648. The van der Waals surface area contributed by atoms with E-state index in [-0.39, 0.29) is 33.4 Å². The summed E-state index contributed by atoms with van der Waals surface area (Å²) in [6.45, 7) is 9.79. The van der Waals surface area contributed by atoms with Gasteiger partial charge in [0.05, 0.1) is 0 Å². The van der Waals surface area contributed by atoms with Gasteiger partial charge in [0.1, 0.15) is 0 Å². The van der Waals surface area contributed by atoms with Crippen molar-refractivity contribution < 1.29 is 39.0 Å². The molecule has 0 radical (unpaired) electrons. The molecule has 0 unspecified atom stereocenters. The molecule has 0 aromatic heterocycles. The van der Waals surface area contributed by atoms with Gasteiger partial charge in [0.2, 0.25) is 0 Å². The van der Waals surface area contributed by atoms with Gasteiger partial charge in [-0.25, -0.2) is 9.59 Å². The Kier molecular flexibility index (Phi) is 7.07. The van der Waals surface area contributed by atoms with E-state index < -0.39 is 45.9 Å². The number of carboxylic acids is 2. The summed E-state index contributed by atoms with van der Waals surface area (Å²) in [5.74, 6) is -6.92. The first-order valence-electron chi connectivity index (χ1n) is 10.4. The van der Waals surface area contributed by atoms with Crippen LogP contribution in [-0.2, 0) is 9.59 Å². The molecular formula is C26H26O8. The number of hydrogen-bond acceptors (Lipinski definition) is 6. The number of carbonyl (C=O) groups excluding carboxylic acids is 4. The molecule has 0 saturated carbocycles. The number of ketones is 4. The lowest BCUT2D eigenvalue weighted by atomic mass is 9.82. The second-order valence-electron chi connectivity index (χ2n) is 9.95. The summed E-state index contributed by atoms with van der Waals surface area (Å²) in [6, 6.07) is 8.01. The van der Waals surface area contributed by atoms with Crippen molar-refractivity contribution in [1.29, 1.82) is 0 Å². The fraction of sp³-hybridized carbons (Fsp3) is 0.308. The Morgan fingerprint density at radius 1 is 0.529 bits per heavy atom. The predicted molar refractivity (Wildman–Crippen MR) is 123 cm³/mol. The average Bonchev–Trinajstić information content (AvgIpc) is 2.74. The Bertz CT molecular complexity index is 1140. The molecule has 8 nitrogen and oxygen atoms in total. The molecule has 2 N–H and O–H groups in total. The Morgan fingerprint density at radius 3 is 1.06 bits per heavy atom. The Hall–Kier alpha value is -3.94. The maximum absolute atomic E-state index is 12.8. The minimum Gasteiger partial charge on any atom is -0.475 e. The second-order valence-corrected chi connectivity index (χ2v) is 9.95. The number of aliphatic carboxylic acids is 2. The lowest BCUT2D eigenvalue weighted by Crippen LogP contribution is -2.25. The van der Waals surface area contributed by atoms with Crippen LogP contribution in [0.3, 0.4) is 0 Å². The van der Waals surface area contributed by atoms with E-state index in [1.807, 2.05) is 0 Å². The van der Waals surface area contributed by atoms with Gasteiger partial charge >= 0.3 is 11.9 Å². The average molecular weight is 466 g/mol. The monoisotopic (exact) mass is 466 g/mol. The standard InChI is InChI=1S/C26H26O8/c1-25(2,3)21(29)15-9-7-13(11-17(15)19(27)23(31)32)14-8-10-16(22(30)26(4,5)6)18(12-14)20(28)24(33)34/h7-12H,1-6H3,(H,31,32)(H,33,34). The lowest BCUT2D eigenvalue weighted by Gasteiger charge is -2.20. The Morgan fingerprint density at radius 2 is 0.824 bits per heavy atom. The van der Waals surface area contributed by atoms with Gasteiger partial charge in [-0.05, 0) is 23.3 Å². The van der Waals surface area contributed by atoms with Gasteiger partial charge in [0.25, 0.3) is 11.6 Å². The third-order valence-corrected chi connectivity index (χ3v) is 5.10. The summed E-state index contributed by atoms with van der Waals surface area (Å²) in [7, 11) is 0. The quantitative estimate of drug-likeness (QED) is 0.453. The molecule has 0 fully saturated rings. The van der Waals surface area contributed by atoms with Crippen molar-refractivity contribution in [2.45, 2.75) is 41.5 Å². The third-order valence-electron chi connectivity index (χ3n) is 5.10. The normalized spacial score (nSPS) is 11.6. The number of carbonyl (C=O) groups is 6. The molecule has 2 aromatic rings. The SMILES string of the molecule is CC(C)(C)C(=O)c1ccc(-c2ccc(C(=O)C(C)(C)C)c(C(=O)C(=O)O)c2)cc1C(=O)C(=O)O. The van der Waals surface area contributed by atoms with Crippen molar-refractivity contribution in [3.05, 3.63) is 58.7 Å². The third kappa shape index (κ3) is 5.33. The molecule has 2 aromatic carbocycles. The first kappa shape index (κ1) is 26.3. The number of benzene rings is 2. The minimum atomic E-state index is -1.74. The maximum atomic E-state index is 12.8. The molecule has 2 rings (SSSR count). The van der Waals surface area contributed by atoms with Gasteiger partial charge in [0, 0.05) is 33.1 Å². The van der Waals surface area contributed by atoms with Gasteiger partial charge in [-0.2, -0.15) is 0 Å². The number of carboxylic acid groups (broad SMARTS) is 2. The van der Waals surface area contributed by atoms with Crippen molar-refractivity contribution in [3.8, 4) is 11.1 Å². The molecule has 0 heterocycles.